The Bertz CT molecular complexity index is 917. The summed E-state index contributed by atoms with van der Waals surface area (Å²) in [5, 5.41) is 15.6. The molecule has 1 aliphatic rings. The van der Waals surface area contributed by atoms with Gasteiger partial charge in [0.25, 0.3) is 5.91 Å². The van der Waals surface area contributed by atoms with Crippen molar-refractivity contribution in [1.82, 2.24) is 5.32 Å². The number of amides is 3. The third-order valence-electron chi connectivity index (χ3n) is 4.76. The van der Waals surface area contributed by atoms with Gasteiger partial charge in [-0.25, -0.2) is 0 Å². The summed E-state index contributed by atoms with van der Waals surface area (Å²) in [7, 11) is 0. The maximum Gasteiger partial charge on any atom is 0.433 e. The summed E-state index contributed by atoms with van der Waals surface area (Å²) in [6.07, 6.45) is 1.24. The zero-order valence-corrected chi connectivity index (χ0v) is 14.5. The molecule has 1 fully saturated rings. The lowest BCUT2D eigenvalue weighted by atomic mass is 9.72. The van der Waals surface area contributed by atoms with Gasteiger partial charge < -0.3 is 9.73 Å². The normalized spacial score (nSPS) is 19.4. The number of carbonyl (C=O) groups excluding carboxylic acids is 3. The van der Waals surface area contributed by atoms with Gasteiger partial charge in [0, 0.05) is 12.1 Å². The van der Waals surface area contributed by atoms with Gasteiger partial charge in [-0.2, -0.15) is 0 Å². The van der Waals surface area contributed by atoms with Crippen molar-refractivity contribution in [3.05, 3.63) is 57.8 Å². The highest BCUT2D eigenvalue weighted by Crippen LogP contribution is 2.36. The second kappa shape index (κ2) is 7.02. The number of furan rings is 1. The average Bonchev–Trinajstić information content (AvgIpc) is 3.14. The number of anilines is 1. The first-order valence-corrected chi connectivity index (χ1v) is 8.36. The van der Waals surface area contributed by atoms with Gasteiger partial charge in [0.1, 0.15) is 4.92 Å². The van der Waals surface area contributed by atoms with Gasteiger partial charge in [0.15, 0.2) is 5.76 Å². The van der Waals surface area contributed by atoms with Crippen LogP contribution in [0.25, 0.3) is 0 Å². The molecule has 1 atom stereocenters. The van der Waals surface area contributed by atoms with E-state index in [0.29, 0.717) is 18.5 Å². The lowest BCUT2D eigenvalue weighted by Crippen LogP contribution is -2.51. The van der Waals surface area contributed by atoms with Crippen LogP contribution in [0.4, 0.5) is 11.6 Å². The van der Waals surface area contributed by atoms with E-state index in [4.69, 9.17) is 4.42 Å². The number of hydrogen-bond donors (Lipinski definition) is 2. The van der Waals surface area contributed by atoms with Crippen molar-refractivity contribution in [1.29, 1.82) is 0 Å². The van der Waals surface area contributed by atoms with Crippen LogP contribution in [0.2, 0.25) is 0 Å². The van der Waals surface area contributed by atoms with E-state index in [1.54, 1.807) is 24.3 Å². The van der Waals surface area contributed by atoms with Crippen LogP contribution in [0, 0.1) is 10.1 Å². The lowest BCUT2D eigenvalue weighted by Gasteiger charge is -2.35. The van der Waals surface area contributed by atoms with Crippen LogP contribution >= 0.6 is 0 Å². The molecule has 27 heavy (non-hydrogen) atoms. The van der Waals surface area contributed by atoms with Crippen molar-refractivity contribution >= 4 is 29.3 Å². The number of nitro groups is 1. The maximum atomic E-state index is 12.4. The van der Waals surface area contributed by atoms with Crippen LogP contribution in [-0.4, -0.2) is 22.6 Å². The number of rotatable bonds is 5. The Hall–Kier alpha value is -3.49. The Kier molecular flexibility index (Phi) is 4.76. The SMILES string of the molecule is CCC1(c2ccc(NC(=O)c3ccc([N+](=O)[O-])o3)cc2)CCC(=O)NC1=O. The van der Waals surface area contributed by atoms with E-state index in [-0.39, 0.29) is 24.0 Å². The third-order valence-corrected chi connectivity index (χ3v) is 4.76. The molecule has 1 aromatic carbocycles. The van der Waals surface area contributed by atoms with Gasteiger partial charge in [-0.05, 0) is 36.6 Å². The van der Waals surface area contributed by atoms with Crippen LogP contribution in [0.15, 0.2) is 40.8 Å². The van der Waals surface area contributed by atoms with Gasteiger partial charge in [-0.15, -0.1) is 0 Å². The average molecular weight is 371 g/mol. The highest BCUT2D eigenvalue weighted by atomic mass is 16.6. The molecule has 2 N–H and O–H groups in total. The van der Waals surface area contributed by atoms with Gasteiger partial charge >= 0.3 is 5.88 Å². The standard InChI is InChI=1S/C18H17N3O6/c1-2-18(10-9-14(22)20-17(18)24)11-3-5-12(6-4-11)19-16(23)13-7-8-15(27-13)21(25)26/h3-8H,2,9-10H2,1H3,(H,19,23)(H,20,22,24). The summed E-state index contributed by atoms with van der Waals surface area (Å²) in [5.74, 6) is -1.91. The fourth-order valence-electron chi connectivity index (χ4n) is 3.18. The van der Waals surface area contributed by atoms with Crippen molar-refractivity contribution in [3.63, 3.8) is 0 Å². The Morgan fingerprint density at radius 1 is 1.26 bits per heavy atom. The zero-order valence-electron chi connectivity index (χ0n) is 14.5. The predicted molar refractivity (Wildman–Crippen MR) is 94.1 cm³/mol. The monoisotopic (exact) mass is 371 g/mol. The van der Waals surface area contributed by atoms with E-state index in [2.05, 4.69) is 10.6 Å². The number of hydrogen-bond acceptors (Lipinski definition) is 6. The fourth-order valence-corrected chi connectivity index (χ4v) is 3.18. The van der Waals surface area contributed by atoms with Crippen LogP contribution in [0.3, 0.4) is 0 Å². The summed E-state index contributed by atoms with van der Waals surface area (Å²) < 4.78 is 4.86. The summed E-state index contributed by atoms with van der Waals surface area (Å²) in [4.78, 5) is 45.8. The smallest absolute Gasteiger partial charge is 0.395 e. The van der Waals surface area contributed by atoms with Crippen molar-refractivity contribution in [2.45, 2.75) is 31.6 Å². The number of piperidine rings is 1. The van der Waals surface area contributed by atoms with Crippen LogP contribution in [0.5, 0.6) is 0 Å². The van der Waals surface area contributed by atoms with Gasteiger partial charge in [0.05, 0.1) is 11.5 Å². The van der Waals surface area contributed by atoms with E-state index < -0.39 is 22.1 Å². The molecule has 1 saturated heterocycles. The van der Waals surface area contributed by atoms with E-state index >= 15 is 0 Å². The molecule has 0 radical (unpaired) electrons. The second-order valence-corrected chi connectivity index (χ2v) is 6.24. The minimum absolute atomic E-state index is 0.180. The lowest BCUT2D eigenvalue weighted by molar-refractivity contribution is -0.402. The molecule has 0 spiro atoms. The van der Waals surface area contributed by atoms with Crippen LogP contribution in [-0.2, 0) is 15.0 Å². The van der Waals surface area contributed by atoms with Crippen molar-refractivity contribution in [2.75, 3.05) is 5.32 Å². The number of nitrogens with one attached hydrogen (secondary N) is 2. The Balaban J connectivity index is 1.76. The van der Waals surface area contributed by atoms with Crippen molar-refractivity contribution in [3.8, 4) is 0 Å². The highest BCUT2D eigenvalue weighted by molar-refractivity contribution is 6.04. The summed E-state index contributed by atoms with van der Waals surface area (Å²) in [6, 6.07) is 9.03. The minimum atomic E-state index is -0.780. The van der Waals surface area contributed by atoms with Crippen molar-refractivity contribution < 1.29 is 23.7 Å². The molecule has 0 aliphatic carbocycles. The number of benzene rings is 1. The Morgan fingerprint density at radius 3 is 2.52 bits per heavy atom. The molecule has 2 aromatic rings. The molecule has 2 heterocycles. The molecule has 1 aromatic heterocycles. The first-order chi connectivity index (χ1) is 12.9. The van der Waals surface area contributed by atoms with E-state index in [9.17, 15) is 24.5 Å². The molecule has 0 saturated carbocycles. The molecule has 0 bridgehead atoms. The topological polar surface area (TPSA) is 132 Å². The quantitative estimate of drug-likeness (QED) is 0.471. The summed E-state index contributed by atoms with van der Waals surface area (Å²) in [5.41, 5.74) is 0.418. The summed E-state index contributed by atoms with van der Waals surface area (Å²) in [6.45, 7) is 1.88. The molecule has 3 amide bonds. The number of carbonyl (C=O) groups is 3. The maximum absolute atomic E-state index is 12.4. The molecule has 3 rings (SSSR count). The second-order valence-electron chi connectivity index (χ2n) is 6.24. The fraction of sp³-hybridized carbons (Fsp3) is 0.278. The molecular weight excluding hydrogens is 354 g/mol. The molecular formula is C18H17N3O6. The minimum Gasteiger partial charge on any atom is -0.395 e. The van der Waals surface area contributed by atoms with E-state index in [1.165, 1.54) is 6.07 Å². The Labute approximate surface area is 153 Å². The van der Waals surface area contributed by atoms with E-state index in [1.807, 2.05) is 6.92 Å². The van der Waals surface area contributed by atoms with Gasteiger partial charge in [0.2, 0.25) is 11.8 Å². The molecule has 9 heteroatoms. The van der Waals surface area contributed by atoms with Crippen LogP contribution in [0.1, 0.15) is 42.3 Å². The van der Waals surface area contributed by atoms with Gasteiger partial charge in [-0.3, -0.25) is 29.8 Å². The summed E-state index contributed by atoms with van der Waals surface area (Å²) >= 11 is 0. The molecule has 1 unspecified atom stereocenters. The number of imide groups is 1. The first-order valence-electron chi connectivity index (χ1n) is 8.36. The van der Waals surface area contributed by atoms with Crippen molar-refractivity contribution in [2.24, 2.45) is 0 Å². The predicted octanol–water partition coefficient (Wildman–Crippen LogP) is 2.52. The van der Waals surface area contributed by atoms with E-state index in [0.717, 1.165) is 11.6 Å². The van der Waals surface area contributed by atoms with Crippen LogP contribution < -0.4 is 10.6 Å². The number of nitrogens with zero attached hydrogens (tertiary/aromatic N) is 1. The highest BCUT2D eigenvalue weighted by Gasteiger charge is 2.42. The third kappa shape index (κ3) is 3.43. The first kappa shape index (κ1) is 18.3. The molecule has 140 valence electrons. The molecule has 9 nitrogen and oxygen atoms in total. The molecule has 1 aliphatic heterocycles. The Morgan fingerprint density at radius 2 is 1.96 bits per heavy atom. The largest absolute Gasteiger partial charge is 0.433 e. The zero-order chi connectivity index (χ0) is 19.6. The van der Waals surface area contributed by atoms with Gasteiger partial charge in [-0.1, -0.05) is 19.1 Å².